The van der Waals surface area contributed by atoms with Crippen molar-refractivity contribution in [2.45, 2.75) is 64.3 Å². The highest BCUT2D eigenvalue weighted by Crippen LogP contribution is 2.45. The van der Waals surface area contributed by atoms with Crippen LogP contribution in [0, 0.1) is 17.8 Å². The molecule has 2 fully saturated rings. The summed E-state index contributed by atoms with van der Waals surface area (Å²) < 4.78 is 0. The van der Waals surface area contributed by atoms with E-state index in [1.807, 2.05) is 0 Å². The van der Waals surface area contributed by atoms with Gasteiger partial charge in [-0.1, -0.05) is 39.5 Å². The first-order chi connectivity index (χ1) is 6.62. The van der Waals surface area contributed by atoms with Crippen LogP contribution in [-0.4, -0.2) is 5.54 Å². The van der Waals surface area contributed by atoms with Crippen molar-refractivity contribution in [2.24, 2.45) is 23.5 Å². The van der Waals surface area contributed by atoms with Crippen LogP contribution in [0.4, 0.5) is 0 Å². The highest BCUT2D eigenvalue weighted by molar-refractivity contribution is 4.96. The fraction of sp³-hybridized carbons (Fsp3) is 1.00. The van der Waals surface area contributed by atoms with Crippen LogP contribution in [-0.2, 0) is 0 Å². The molecule has 0 aromatic carbocycles. The smallest absolute Gasteiger partial charge is 0.0180 e. The summed E-state index contributed by atoms with van der Waals surface area (Å²) in [6.07, 6.45) is 9.84. The number of hydrogen-bond acceptors (Lipinski definition) is 1. The van der Waals surface area contributed by atoms with E-state index in [2.05, 4.69) is 13.8 Å². The molecular weight excluding hydrogens is 170 g/mol. The molecule has 82 valence electrons. The maximum Gasteiger partial charge on any atom is 0.0180 e. The first-order valence-electron chi connectivity index (χ1n) is 6.41. The number of nitrogens with two attached hydrogens (primary N) is 1. The lowest BCUT2D eigenvalue weighted by molar-refractivity contribution is 0.0848. The fourth-order valence-corrected chi connectivity index (χ4v) is 3.50. The molecule has 2 saturated carbocycles. The van der Waals surface area contributed by atoms with E-state index in [1.165, 1.54) is 44.9 Å². The minimum Gasteiger partial charge on any atom is -0.325 e. The van der Waals surface area contributed by atoms with Gasteiger partial charge in [-0.15, -0.1) is 0 Å². The Balaban J connectivity index is 2.02. The second kappa shape index (κ2) is 3.84. The summed E-state index contributed by atoms with van der Waals surface area (Å²) in [6.45, 7) is 4.59. The molecule has 14 heavy (non-hydrogen) atoms. The van der Waals surface area contributed by atoms with Crippen LogP contribution in [0.2, 0.25) is 0 Å². The summed E-state index contributed by atoms with van der Waals surface area (Å²) in [7, 11) is 0. The summed E-state index contributed by atoms with van der Waals surface area (Å²) in [5.41, 5.74) is 6.67. The van der Waals surface area contributed by atoms with Gasteiger partial charge in [-0.05, 0) is 37.0 Å². The monoisotopic (exact) mass is 195 g/mol. The number of fused-ring (bicyclic) bond motifs is 1. The quantitative estimate of drug-likeness (QED) is 0.682. The van der Waals surface area contributed by atoms with Crippen LogP contribution in [0.3, 0.4) is 0 Å². The Morgan fingerprint density at radius 1 is 1.07 bits per heavy atom. The first-order valence-corrected chi connectivity index (χ1v) is 6.41. The molecule has 0 aliphatic heterocycles. The van der Waals surface area contributed by atoms with Gasteiger partial charge in [-0.2, -0.15) is 0 Å². The molecule has 3 unspecified atom stereocenters. The SMILES string of the molecule is CC(C)C1(N)CCC2CCCCC2C1. The summed E-state index contributed by atoms with van der Waals surface area (Å²) >= 11 is 0. The molecule has 0 aromatic heterocycles. The highest BCUT2D eigenvalue weighted by Gasteiger charge is 2.40. The third-order valence-electron chi connectivity index (χ3n) is 4.84. The Morgan fingerprint density at radius 2 is 1.71 bits per heavy atom. The zero-order valence-electron chi connectivity index (χ0n) is 9.76. The standard InChI is InChI=1S/C13H25N/c1-10(2)13(14)8-7-11-5-3-4-6-12(11)9-13/h10-12H,3-9,14H2,1-2H3. The van der Waals surface area contributed by atoms with Crippen LogP contribution in [0.25, 0.3) is 0 Å². The van der Waals surface area contributed by atoms with E-state index < -0.39 is 0 Å². The van der Waals surface area contributed by atoms with Gasteiger partial charge in [0.2, 0.25) is 0 Å². The van der Waals surface area contributed by atoms with Crippen LogP contribution in [0.15, 0.2) is 0 Å². The van der Waals surface area contributed by atoms with Crippen molar-refractivity contribution in [1.29, 1.82) is 0 Å². The van der Waals surface area contributed by atoms with Crippen molar-refractivity contribution >= 4 is 0 Å². The molecule has 0 heterocycles. The molecular formula is C13H25N. The van der Waals surface area contributed by atoms with E-state index in [0.717, 1.165) is 11.8 Å². The third kappa shape index (κ3) is 1.84. The normalized spacial score (nSPS) is 43.7. The molecule has 2 aliphatic carbocycles. The van der Waals surface area contributed by atoms with Crippen molar-refractivity contribution in [1.82, 2.24) is 0 Å². The zero-order valence-corrected chi connectivity index (χ0v) is 9.76. The second-order valence-corrected chi connectivity index (χ2v) is 5.94. The van der Waals surface area contributed by atoms with Crippen LogP contribution >= 0.6 is 0 Å². The van der Waals surface area contributed by atoms with Gasteiger partial charge < -0.3 is 5.73 Å². The zero-order chi connectivity index (χ0) is 10.2. The van der Waals surface area contributed by atoms with E-state index in [1.54, 1.807) is 0 Å². The van der Waals surface area contributed by atoms with Gasteiger partial charge in [0.1, 0.15) is 0 Å². The molecule has 2 N–H and O–H groups in total. The Labute approximate surface area is 88.4 Å². The predicted molar refractivity (Wildman–Crippen MR) is 61.1 cm³/mol. The summed E-state index contributed by atoms with van der Waals surface area (Å²) in [5, 5.41) is 0. The lowest BCUT2D eigenvalue weighted by Crippen LogP contribution is -2.51. The van der Waals surface area contributed by atoms with Crippen molar-refractivity contribution in [3.63, 3.8) is 0 Å². The Kier molecular flexibility index (Phi) is 2.88. The largest absolute Gasteiger partial charge is 0.325 e. The summed E-state index contributed by atoms with van der Waals surface area (Å²) in [6, 6.07) is 0. The highest BCUT2D eigenvalue weighted by atomic mass is 14.8. The van der Waals surface area contributed by atoms with E-state index in [9.17, 15) is 0 Å². The minimum absolute atomic E-state index is 0.165. The van der Waals surface area contributed by atoms with Gasteiger partial charge in [0.05, 0.1) is 0 Å². The second-order valence-electron chi connectivity index (χ2n) is 5.94. The van der Waals surface area contributed by atoms with E-state index >= 15 is 0 Å². The fourth-order valence-electron chi connectivity index (χ4n) is 3.50. The minimum atomic E-state index is 0.165. The lowest BCUT2D eigenvalue weighted by Gasteiger charge is -2.47. The maximum atomic E-state index is 6.51. The molecule has 1 heteroatoms. The van der Waals surface area contributed by atoms with Crippen LogP contribution in [0.1, 0.15) is 58.8 Å². The average molecular weight is 195 g/mol. The van der Waals surface area contributed by atoms with E-state index in [4.69, 9.17) is 5.73 Å². The number of rotatable bonds is 1. The average Bonchev–Trinajstić information content (AvgIpc) is 2.17. The molecule has 2 aliphatic rings. The maximum absolute atomic E-state index is 6.51. The van der Waals surface area contributed by atoms with Crippen LogP contribution in [0.5, 0.6) is 0 Å². The molecule has 0 spiro atoms. The van der Waals surface area contributed by atoms with E-state index in [-0.39, 0.29) is 5.54 Å². The van der Waals surface area contributed by atoms with Crippen molar-refractivity contribution < 1.29 is 0 Å². The molecule has 0 saturated heterocycles. The van der Waals surface area contributed by atoms with Gasteiger partial charge in [0, 0.05) is 5.54 Å². The lowest BCUT2D eigenvalue weighted by atomic mass is 9.62. The number of hydrogen-bond donors (Lipinski definition) is 1. The molecule has 0 aromatic rings. The molecule has 2 rings (SSSR count). The molecule has 0 amide bonds. The third-order valence-corrected chi connectivity index (χ3v) is 4.84. The van der Waals surface area contributed by atoms with Gasteiger partial charge in [0.25, 0.3) is 0 Å². The first kappa shape index (κ1) is 10.5. The molecule has 3 atom stereocenters. The van der Waals surface area contributed by atoms with Crippen molar-refractivity contribution in [3.05, 3.63) is 0 Å². The van der Waals surface area contributed by atoms with E-state index in [0.29, 0.717) is 5.92 Å². The van der Waals surface area contributed by atoms with Gasteiger partial charge in [-0.25, -0.2) is 0 Å². The molecule has 1 nitrogen and oxygen atoms in total. The Hall–Kier alpha value is -0.0400. The summed E-state index contributed by atoms with van der Waals surface area (Å²) in [5.74, 6) is 2.65. The topological polar surface area (TPSA) is 26.0 Å². The van der Waals surface area contributed by atoms with Crippen molar-refractivity contribution in [3.8, 4) is 0 Å². The molecule has 0 bridgehead atoms. The van der Waals surface area contributed by atoms with Crippen LogP contribution < -0.4 is 5.73 Å². The summed E-state index contributed by atoms with van der Waals surface area (Å²) in [4.78, 5) is 0. The Morgan fingerprint density at radius 3 is 2.36 bits per heavy atom. The van der Waals surface area contributed by atoms with Gasteiger partial charge in [0.15, 0.2) is 0 Å². The van der Waals surface area contributed by atoms with Gasteiger partial charge in [-0.3, -0.25) is 0 Å². The molecule has 0 radical (unpaired) electrons. The van der Waals surface area contributed by atoms with Gasteiger partial charge >= 0.3 is 0 Å². The van der Waals surface area contributed by atoms with Crippen molar-refractivity contribution in [2.75, 3.05) is 0 Å². The predicted octanol–water partition coefficient (Wildman–Crippen LogP) is 3.33. The Bertz CT molecular complexity index is 199.